The van der Waals surface area contributed by atoms with E-state index in [-0.39, 0.29) is 0 Å². The van der Waals surface area contributed by atoms with Crippen molar-refractivity contribution in [1.82, 2.24) is 0 Å². The maximum Gasteiger partial charge on any atom is 0.0653 e. The minimum Gasteiger partial charge on any atom is -0.0887 e. The van der Waals surface area contributed by atoms with E-state index in [0.29, 0.717) is 0 Å². The van der Waals surface area contributed by atoms with E-state index in [1.807, 2.05) is 0 Å². The van der Waals surface area contributed by atoms with Crippen molar-refractivity contribution in [3.05, 3.63) is 0 Å². The summed E-state index contributed by atoms with van der Waals surface area (Å²) in [5.74, 6) is 1.01. The fourth-order valence-corrected chi connectivity index (χ4v) is 2.24. The van der Waals surface area contributed by atoms with Gasteiger partial charge in [-0.05, 0) is 5.92 Å². The molecule has 68 valence electrons. The van der Waals surface area contributed by atoms with Gasteiger partial charge in [0.25, 0.3) is 0 Å². The Morgan fingerprint density at radius 2 is 1.50 bits per heavy atom. The molecule has 2 radical (unpaired) electrons. The van der Waals surface area contributed by atoms with Gasteiger partial charge in [-0.1, -0.05) is 64.1 Å². The highest BCUT2D eigenvalue weighted by molar-refractivity contribution is 6.08. The summed E-state index contributed by atoms with van der Waals surface area (Å²) < 4.78 is 0. The predicted molar refractivity (Wildman–Crippen MR) is 55.6 cm³/mol. The van der Waals surface area contributed by atoms with Crippen molar-refractivity contribution < 1.29 is 0 Å². The Morgan fingerprint density at radius 3 is 2.08 bits per heavy atom. The topological polar surface area (TPSA) is 0 Å². The summed E-state index contributed by atoms with van der Waals surface area (Å²) in [4.78, 5) is 0. The molecule has 0 nitrogen and oxygen atoms in total. The third-order valence-electron chi connectivity index (χ3n) is 3.04. The van der Waals surface area contributed by atoms with Gasteiger partial charge < -0.3 is 0 Å². The van der Waals surface area contributed by atoms with Crippen LogP contribution in [0, 0.1) is 5.92 Å². The lowest BCUT2D eigenvalue weighted by Gasteiger charge is -2.18. The summed E-state index contributed by atoms with van der Waals surface area (Å²) in [5.41, 5.74) is 0. The van der Waals surface area contributed by atoms with E-state index < -0.39 is 0 Å². The molecule has 0 saturated heterocycles. The van der Waals surface area contributed by atoms with Gasteiger partial charge in [0.15, 0.2) is 0 Å². The molecule has 12 heavy (non-hydrogen) atoms. The minimum absolute atomic E-state index is 0.885. The third kappa shape index (κ3) is 4.18. The van der Waals surface area contributed by atoms with Crippen molar-refractivity contribution in [2.24, 2.45) is 5.92 Å². The molecule has 0 aliphatic heterocycles. The molecule has 0 unspecified atom stereocenters. The van der Waals surface area contributed by atoms with Gasteiger partial charge in [0.2, 0.25) is 0 Å². The molecule has 0 amide bonds. The highest BCUT2D eigenvalue weighted by atomic mass is 14.2. The Balaban J connectivity index is 2.11. The van der Waals surface area contributed by atoms with Crippen LogP contribution in [-0.4, -0.2) is 7.85 Å². The first-order valence-electron chi connectivity index (χ1n) is 5.63. The van der Waals surface area contributed by atoms with Crippen LogP contribution in [0.1, 0.15) is 57.8 Å². The SMILES string of the molecule is [B]CCCC1CCCCCCC1. The molecule has 1 heteroatoms. The van der Waals surface area contributed by atoms with Crippen LogP contribution in [0.15, 0.2) is 0 Å². The lowest BCUT2D eigenvalue weighted by Crippen LogP contribution is -2.03. The van der Waals surface area contributed by atoms with E-state index >= 15 is 0 Å². The van der Waals surface area contributed by atoms with Crippen molar-refractivity contribution >= 4 is 7.85 Å². The number of rotatable bonds is 3. The molecule has 0 aromatic rings. The van der Waals surface area contributed by atoms with Gasteiger partial charge in [0, 0.05) is 0 Å². The van der Waals surface area contributed by atoms with Crippen LogP contribution >= 0.6 is 0 Å². The second kappa shape index (κ2) is 6.57. The van der Waals surface area contributed by atoms with Gasteiger partial charge in [0.1, 0.15) is 0 Å². The summed E-state index contributed by atoms with van der Waals surface area (Å²) in [6, 6.07) is 0. The molecular formula is C11H21B. The van der Waals surface area contributed by atoms with Crippen LogP contribution in [0.25, 0.3) is 0 Å². The molecule has 0 spiro atoms. The molecule has 1 aliphatic rings. The second-order valence-corrected chi connectivity index (χ2v) is 4.14. The maximum atomic E-state index is 5.52. The molecule has 0 N–H and O–H groups in total. The van der Waals surface area contributed by atoms with Gasteiger partial charge in [-0.25, -0.2) is 0 Å². The van der Waals surface area contributed by atoms with Crippen molar-refractivity contribution in [1.29, 1.82) is 0 Å². The van der Waals surface area contributed by atoms with Crippen molar-refractivity contribution in [3.63, 3.8) is 0 Å². The first-order chi connectivity index (χ1) is 5.93. The third-order valence-corrected chi connectivity index (χ3v) is 3.04. The van der Waals surface area contributed by atoms with Crippen LogP contribution < -0.4 is 0 Å². The summed E-state index contributed by atoms with van der Waals surface area (Å²) in [6.07, 6.45) is 13.8. The largest absolute Gasteiger partial charge is 0.0887 e. The maximum absolute atomic E-state index is 5.52. The highest BCUT2D eigenvalue weighted by Crippen LogP contribution is 2.25. The van der Waals surface area contributed by atoms with Crippen molar-refractivity contribution in [2.45, 2.75) is 64.1 Å². The fourth-order valence-electron chi connectivity index (χ4n) is 2.24. The van der Waals surface area contributed by atoms with Crippen molar-refractivity contribution in [2.75, 3.05) is 0 Å². The second-order valence-electron chi connectivity index (χ2n) is 4.14. The Labute approximate surface area is 78.5 Å². The van der Waals surface area contributed by atoms with E-state index in [9.17, 15) is 0 Å². The van der Waals surface area contributed by atoms with Crippen LogP contribution in [0.4, 0.5) is 0 Å². The molecule has 1 fully saturated rings. The summed E-state index contributed by atoms with van der Waals surface area (Å²) in [5, 5.41) is 0. The first-order valence-corrected chi connectivity index (χ1v) is 5.63. The average molecular weight is 164 g/mol. The van der Waals surface area contributed by atoms with Gasteiger partial charge in [-0.3, -0.25) is 0 Å². The standard InChI is InChI=1S/C11H21B/c12-10-6-9-11-7-4-2-1-3-5-8-11/h11H,1-10H2. The molecule has 0 heterocycles. The zero-order chi connectivity index (χ0) is 8.65. The zero-order valence-electron chi connectivity index (χ0n) is 8.23. The molecule has 1 rings (SSSR count). The quantitative estimate of drug-likeness (QED) is 0.557. The van der Waals surface area contributed by atoms with E-state index in [2.05, 4.69) is 0 Å². The molecular weight excluding hydrogens is 143 g/mol. The Morgan fingerprint density at radius 1 is 0.917 bits per heavy atom. The lowest BCUT2D eigenvalue weighted by atomic mass is 9.86. The molecule has 0 aromatic heterocycles. The number of hydrogen-bond acceptors (Lipinski definition) is 0. The van der Waals surface area contributed by atoms with E-state index in [1.54, 1.807) is 0 Å². The summed E-state index contributed by atoms with van der Waals surface area (Å²) in [6.45, 7) is 0. The van der Waals surface area contributed by atoms with Crippen LogP contribution in [0.2, 0.25) is 6.32 Å². The van der Waals surface area contributed by atoms with E-state index in [1.165, 1.54) is 57.8 Å². The highest BCUT2D eigenvalue weighted by Gasteiger charge is 2.09. The monoisotopic (exact) mass is 164 g/mol. The molecule has 0 aromatic carbocycles. The molecule has 1 saturated carbocycles. The Kier molecular flexibility index (Phi) is 5.55. The van der Waals surface area contributed by atoms with Crippen LogP contribution in [-0.2, 0) is 0 Å². The van der Waals surface area contributed by atoms with E-state index in [0.717, 1.165) is 12.2 Å². The Hall–Kier alpha value is 0.0649. The minimum atomic E-state index is 0.885. The molecule has 0 atom stereocenters. The molecule has 0 bridgehead atoms. The average Bonchev–Trinajstić information content (AvgIpc) is 2.02. The van der Waals surface area contributed by atoms with Gasteiger partial charge in [0.05, 0.1) is 7.85 Å². The zero-order valence-corrected chi connectivity index (χ0v) is 8.23. The van der Waals surface area contributed by atoms with E-state index in [4.69, 9.17) is 7.85 Å². The number of hydrogen-bond donors (Lipinski definition) is 0. The lowest BCUT2D eigenvalue weighted by molar-refractivity contribution is 0.356. The Bertz CT molecular complexity index is 90.4. The predicted octanol–water partition coefficient (Wildman–Crippen LogP) is 3.71. The summed E-state index contributed by atoms with van der Waals surface area (Å²) >= 11 is 0. The fraction of sp³-hybridized carbons (Fsp3) is 1.00. The molecule has 1 aliphatic carbocycles. The normalized spacial score (nSPS) is 21.7. The van der Waals surface area contributed by atoms with Crippen molar-refractivity contribution in [3.8, 4) is 0 Å². The smallest absolute Gasteiger partial charge is 0.0653 e. The van der Waals surface area contributed by atoms with Gasteiger partial charge in [-0.2, -0.15) is 0 Å². The van der Waals surface area contributed by atoms with Crippen LogP contribution in [0.3, 0.4) is 0 Å². The summed E-state index contributed by atoms with van der Waals surface area (Å²) in [7, 11) is 5.52. The first kappa shape index (κ1) is 10.1. The van der Waals surface area contributed by atoms with Gasteiger partial charge >= 0.3 is 0 Å². The van der Waals surface area contributed by atoms with Crippen LogP contribution in [0.5, 0.6) is 0 Å². The van der Waals surface area contributed by atoms with Gasteiger partial charge in [-0.15, -0.1) is 0 Å².